The molecule has 0 atom stereocenters. The van der Waals surface area contributed by atoms with Gasteiger partial charge in [0.2, 0.25) is 0 Å². The largest absolute Gasteiger partial charge is 0.362 e. The first-order valence-corrected chi connectivity index (χ1v) is 8.49. The van der Waals surface area contributed by atoms with E-state index in [4.69, 9.17) is 0 Å². The van der Waals surface area contributed by atoms with E-state index in [9.17, 15) is 13.6 Å². The Morgan fingerprint density at radius 1 is 1.00 bits per heavy atom. The van der Waals surface area contributed by atoms with Crippen LogP contribution in [0.2, 0.25) is 0 Å². The quantitative estimate of drug-likeness (QED) is 0.763. The lowest BCUT2D eigenvalue weighted by atomic mass is 9.91. The molecule has 2 aromatic carbocycles. The van der Waals surface area contributed by atoms with Crippen molar-refractivity contribution in [2.75, 3.05) is 19.0 Å². The van der Waals surface area contributed by atoms with Gasteiger partial charge in [0, 0.05) is 49.6 Å². The van der Waals surface area contributed by atoms with Crippen LogP contribution in [-0.4, -0.2) is 25.0 Å². The number of nitrogens with zero attached hydrogens (tertiary/aromatic N) is 2. The van der Waals surface area contributed by atoms with E-state index in [1.54, 1.807) is 12.3 Å². The first-order valence-electron chi connectivity index (χ1n) is 8.49. The average molecular weight is 365 g/mol. The molecule has 27 heavy (non-hydrogen) atoms. The first kappa shape index (κ1) is 17.1. The number of amides is 1. The molecule has 3 aromatic rings. The molecule has 1 aromatic heterocycles. The molecule has 6 heteroatoms. The van der Waals surface area contributed by atoms with Crippen molar-refractivity contribution in [1.29, 1.82) is 0 Å². The highest BCUT2D eigenvalue weighted by Crippen LogP contribution is 2.38. The van der Waals surface area contributed by atoms with Gasteiger partial charge in [0.05, 0.1) is 0 Å². The van der Waals surface area contributed by atoms with Gasteiger partial charge in [0.25, 0.3) is 5.91 Å². The molecule has 1 aliphatic rings. The summed E-state index contributed by atoms with van der Waals surface area (Å²) < 4.78 is 27.7. The number of carbonyl (C=O) groups is 1. The Bertz CT molecular complexity index is 1060. The summed E-state index contributed by atoms with van der Waals surface area (Å²) in [7, 11) is 3.78. The van der Waals surface area contributed by atoms with Crippen LogP contribution in [0.3, 0.4) is 0 Å². The Balaban J connectivity index is 1.99. The van der Waals surface area contributed by atoms with Crippen molar-refractivity contribution >= 4 is 11.7 Å². The number of pyridine rings is 1. The molecule has 0 unspecified atom stereocenters. The molecule has 1 aliphatic heterocycles. The zero-order valence-electron chi connectivity index (χ0n) is 14.9. The normalized spacial score (nSPS) is 12.7. The highest BCUT2D eigenvalue weighted by molar-refractivity contribution is 6.02. The lowest BCUT2D eigenvalue weighted by molar-refractivity contribution is 0.0966. The Kier molecular flexibility index (Phi) is 4.11. The number of aromatic nitrogens is 1. The monoisotopic (exact) mass is 365 g/mol. The van der Waals surface area contributed by atoms with Crippen molar-refractivity contribution in [2.45, 2.75) is 6.54 Å². The minimum absolute atomic E-state index is 0.203. The number of nitrogens with one attached hydrogen (secondary N) is 1. The van der Waals surface area contributed by atoms with Gasteiger partial charge in [-0.1, -0.05) is 0 Å². The summed E-state index contributed by atoms with van der Waals surface area (Å²) >= 11 is 0. The maximum absolute atomic E-state index is 14.4. The molecular weight excluding hydrogens is 348 g/mol. The van der Waals surface area contributed by atoms with Gasteiger partial charge < -0.3 is 10.2 Å². The predicted molar refractivity (Wildman–Crippen MR) is 101 cm³/mol. The molecule has 0 fully saturated rings. The molecular formula is C21H17F2N3O. The number of benzene rings is 2. The lowest BCUT2D eigenvalue weighted by Gasteiger charge is -2.18. The summed E-state index contributed by atoms with van der Waals surface area (Å²) in [4.78, 5) is 18.6. The predicted octanol–water partition coefficient (Wildman–Crippen LogP) is 4.00. The van der Waals surface area contributed by atoms with E-state index in [1.165, 1.54) is 12.1 Å². The van der Waals surface area contributed by atoms with E-state index in [1.807, 2.05) is 37.2 Å². The number of fused-ring (bicyclic) bond motifs is 1. The van der Waals surface area contributed by atoms with E-state index in [-0.39, 0.29) is 11.5 Å². The van der Waals surface area contributed by atoms with E-state index in [2.05, 4.69) is 10.3 Å². The van der Waals surface area contributed by atoms with Crippen LogP contribution in [0, 0.1) is 11.6 Å². The van der Waals surface area contributed by atoms with Gasteiger partial charge in [-0.15, -0.1) is 0 Å². The van der Waals surface area contributed by atoms with Crippen LogP contribution in [0.25, 0.3) is 22.3 Å². The van der Waals surface area contributed by atoms with Crippen molar-refractivity contribution in [3.8, 4) is 22.3 Å². The van der Waals surface area contributed by atoms with Gasteiger partial charge in [0.15, 0.2) is 0 Å². The van der Waals surface area contributed by atoms with E-state index >= 15 is 0 Å². The van der Waals surface area contributed by atoms with Crippen molar-refractivity contribution < 1.29 is 13.6 Å². The molecule has 0 saturated carbocycles. The maximum atomic E-state index is 14.4. The smallest absolute Gasteiger partial charge is 0.251 e. The molecule has 0 radical (unpaired) electrons. The molecule has 1 amide bonds. The third-order valence-electron chi connectivity index (χ3n) is 4.66. The second kappa shape index (κ2) is 6.46. The minimum atomic E-state index is -0.668. The van der Waals surface area contributed by atoms with Crippen LogP contribution in [-0.2, 0) is 6.54 Å². The van der Waals surface area contributed by atoms with Crippen LogP contribution < -0.4 is 10.2 Å². The van der Waals surface area contributed by atoms with Gasteiger partial charge in [-0.05, 0) is 53.1 Å². The SMILES string of the molecule is CN(C)c1ncccc1-c1cc(-c2ccc(F)cc2F)cc2c1CNC2=O. The number of rotatable bonds is 3. The molecule has 1 N–H and O–H groups in total. The van der Waals surface area contributed by atoms with Crippen LogP contribution in [0.1, 0.15) is 15.9 Å². The fraction of sp³-hybridized carbons (Fsp3) is 0.143. The highest BCUT2D eigenvalue weighted by Gasteiger charge is 2.25. The number of carbonyl (C=O) groups excluding carboxylic acids is 1. The van der Waals surface area contributed by atoms with Crippen LogP contribution in [0.4, 0.5) is 14.6 Å². The highest BCUT2D eigenvalue weighted by atomic mass is 19.1. The second-order valence-corrected chi connectivity index (χ2v) is 6.63. The number of halogens is 2. The molecule has 2 heterocycles. The first-order chi connectivity index (χ1) is 13.0. The number of anilines is 1. The summed E-state index contributed by atoms with van der Waals surface area (Å²) in [5.41, 5.74) is 3.77. The Labute approximate surface area is 155 Å². The fourth-order valence-corrected chi connectivity index (χ4v) is 3.41. The van der Waals surface area contributed by atoms with Crippen molar-refractivity contribution in [3.05, 3.63) is 71.4 Å². The minimum Gasteiger partial charge on any atom is -0.362 e. The van der Waals surface area contributed by atoms with Gasteiger partial charge >= 0.3 is 0 Å². The van der Waals surface area contributed by atoms with Gasteiger partial charge in [-0.2, -0.15) is 0 Å². The average Bonchev–Trinajstić information content (AvgIpc) is 3.02. The van der Waals surface area contributed by atoms with Gasteiger partial charge in [-0.3, -0.25) is 4.79 Å². The molecule has 136 valence electrons. The maximum Gasteiger partial charge on any atom is 0.251 e. The van der Waals surface area contributed by atoms with Crippen LogP contribution in [0.15, 0.2) is 48.7 Å². The van der Waals surface area contributed by atoms with Crippen molar-refractivity contribution in [3.63, 3.8) is 0 Å². The van der Waals surface area contributed by atoms with Crippen molar-refractivity contribution in [2.24, 2.45) is 0 Å². The van der Waals surface area contributed by atoms with Gasteiger partial charge in [-0.25, -0.2) is 13.8 Å². The third kappa shape index (κ3) is 2.93. The molecule has 0 bridgehead atoms. The van der Waals surface area contributed by atoms with Crippen LogP contribution >= 0.6 is 0 Å². The molecule has 0 spiro atoms. The molecule has 0 saturated heterocycles. The molecule has 0 aliphatic carbocycles. The summed E-state index contributed by atoms with van der Waals surface area (Å²) in [6.45, 7) is 0.400. The fourth-order valence-electron chi connectivity index (χ4n) is 3.41. The number of hydrogen-bond donors (Lipinski definition) is 1. The Morgan fingerprint density at radius 2 is 1.78 bits per heavy atom. The third-order valence-corrected chi connectivity index (χ3v) is 4.66. The molecule has 4 rings (SSSR count). The topological polar surface area (TPSA) is 45.2 Å². The zero-order valence-corrected chi connectivity index (χ0v) is 14.9. The van der Waals surface area contributed by atoms with Crippen LogP contribution in [0.5, 0.6) is 0 Å². The standard InChI is InChI=1S/C21H17F2N3O/c1-26(2)20-15(4-3-7-24-20)16-8-12(9-17-18(16)11-25-21(17)27)14-6-5-13(22)10-19(14)23/h3-10H,11H2,1-2H3,(H,25,27). The van der Waals surface area contributed by atoms with E-state index in [0.29, 0.717) is 17.7 Å². The lowest BCUT2D eigenvalue weighted by Crippen LogP contribution is -2.12. The second-order valence-electron chi connectivity index (χ2n) is 6.63. The van der Waals surface area contributed by atoms with Gasteiger partial charge in [0.1, 0.15) is 17.5 Å². The van der Waals surface area contributed by atoms with Crippen molar-refractivity contribution in [1.82, 2.24) is 10.3 Å². The number of hydrogen-bond acceptors (Lipinski definition) is 3. The summed E-state index contributed by atoms with van der Waals surface area (Å²) in [5.74, 6) is -0.766. The van der Waals surface area contributed by atoms with E-state index in [0.717, 1.165) is 28.6 Å². The zero-order chi connectivity index (χ0) is 19.1. The summed E-state index contributed by atoms with van der Waals surface area (Å²) in [6, 6.07) is 10.7. The summed E-state index contributed by atoms with van der Waals surface area (Å²) in [5, 5.41) is 2.82. The Morgan fingerprint density at radius 3 is 2.52 bits per heavy atom. The van der Waals surface area contributed by atoms with E-state index < -0.39 is 11.6 Å². The summed E-state index contributed by atoms with van der Waals surface area (Å²) in [6.07, 6.45) is 1.70. The molecule has 4 nitrogen and oxygen atoms in total. The Hall–Kier alpha value is -3.28.